The molecule has 4 heteroatoms. The Balaban J connectivity index is 1.65. The van der Waals surface area contributed by atoms with E-state index in [0.29, 0.717) is 6.79 Å². The summed E-state index contributed by atoms with van der Waals surface area (Å²) in [7, 11) is 0. The van der Waals surface area contributed by atoms with Crippen molar-refractivity contribution in [3.05, 3.63) is 46.2 Å². The number of ether oxygens (including phenoxy) is 2. The van der Waals surface area contributed by atoms with Crippen LogP contribution in [0.15, 0.2) is 35.7 Å². The van der Waals surface area contributed by atoms with Gasteiger partial charge < -0.3 is 14.8 Å². The van der Waals surface area contributed by atoms with Crippen molar-refractivity contribution in [3.8, 4) is 11.5 Å². The fourth-order valence-electron chi connectivity index (χ4n) is 2.46. The first-order valence-corrected chi connectivity index (χ1v) is 8.11. The van der Waals surface area contributed by atoms with Crippen molar-refractivity contribution in [2.75, 3.05) is 13.3 Å². The van der Waals surface area contributed by atoms with Crippen LogP contribution < -0.4 is 14.8 Å². The first kappa shape index (κ1) is 14.4. The van der Waals surface area contributed by atoms with Gasteiger partial charge in [0.05, 0.1) is 0 Å². The van der Waals surface area contributed by atoms with Gasteiger partial charge in [0.1, 0.15) is 0 Å². The second-order valence-corrected chi connectivity index (χ2v) is 7.02. The normalized spacial score (nSPS) is 15.2. The number of fused-ring (bicyclic) bond motifs is 1. The van der Waals surface area contributed by atoms with Crippen LogP contribution in [0.4, 0.5) is 0 Å². The molecule has 0 aliphatic carbocycles. The van der Waals surface area contributed by atoms with Gasteiger partial charge in [-0.25, -0.2) is 0 Å². The van der Waals surface area contributed by atoms with E-state index in [2.05, 4.69) is 55.7 Å². The molecule has 0 amide bonds. The molecule has 0 fully saturated rings. The highest BCUT2D eigenvalue weighted by Gasteiger charge is 2.23. The van der Waals surface area contributed by atoms with Crippen LogP contribution >= 0.6 is 11.3 Å². The quantitative estimate of drug-likeness (QED) is 0.902. The fourth-order valence-corrected chi connectivity index (χ4v) is 3.31. The third kappa shape index (κ3) is 3.06. The molecule has 1 unspecified atom stereocenters. The summed E-state index contributed by atoms with van der Waals surface area (Å²) in [5.41, 5.74) is 1.36. The molecule has 1 aliphatic rings. The predicted octanol–water partition coefficient (Wildman–Crippen LogP) is 4.11. The van der Waals surface area contributed by atoms with Gasteiger partial charge in [-0.3, -0.25) is 0 Å². The summed E-state index contributed by atoms with van der Waals surface area (Å²) in [5, 5.41) is 5.77. The smallest absolute Gasteiger partial charge is 0.231 e. The maximum Gasteiger partial charge on any atom is 0.231 e. The van der Waals surface area contributed by atoms with Crippen LogP contribution in [0.2, 0.25) is 0 Å². The molecule has 1 aromatic carbocycles. The van der Waals surface area contributed by atoms with E-state index >= 15 is 0 Å². The molecule has 2 heterocycles. The second-order valence-electron chi connectivity index (χ2n) is 6.08. The Labute approximate surface area is 129 Å². The van der Waals surface area contributed by atoms with Crippen LogP contribution in [-0.4, -0.2) is 13.3 Å². The summed E-state index contributed by atoms with van der Waals surface area (Å²) in [4.78, 5) is 1.41. The second kappa shape index (κ2) is 5.70. The van der Waals surface area contributed by atoms with Gasteiger partial charge in [-0.1, -0.05) is 26.0 Å². The average Bonchev–Trinajstić information content (AvgIpc) is 3.14. The summed E-state index contributed by atoms with van der Waals surface area (Å²) in [6.07, 6.45) is 0. The number of rotatable bonds is 5. The van der Waals surface area contributed by atoms with Crippen molar-refractivity contribution in [1.82, 2.24) is 5.32 Å². The lowest BCUT2D eigenvalue weighted by molar-refractivity contribution is 0.174. The van der Waals surface area contributed by atoms with Gasteiger partial charge in [0.15, 0.2) is 11.5 Å². The van der Waals surface area contributed by atoms with E-state index in [9.17, 15) is 0 Å². The zero-order valence-electron chi connectivity index (χ0n) is 12.7. The molecule has 0 saturated heterocycles. The molecule has 0 bridgehead atoms. The van der Waals surface area contributed by atoms with E-state index in [0.717, 1.165) is 18.0 Å². The van der Waals surface area contributed by atoms with Crippen molar-refractivity contribution < 1.29 is 9.47 Å². The third-order valence-corrected chi connectivity index (χ3v) is 5.17. The van der Waals surface area contributed by atoms with E-state index in [1.807, 2.05) is 17.4 Å². The van der Waals surface area contributed by atoms with E-state index in [1.165, 1.54) is 10.4 Å². The number of nitrogens with one attached hydrogen (secondary N) is 1. The largest absolute Gasteiger partial charge is 0.454 e. The van der Waals surface area contributed by atoms with E-state index in [4.69, 9.17) is 9.47 Å². The predicted molar refractivity (Wildman–Crippen MR) is 86.3 cm³/mol. The highest BCUT2D eigenvalue weighted by Crippen LogP contribution is 2.34. The third-order valence-electron chi connectivity index (χ3n) is 3.94. The number of hydrogen-bond donors (Lipinski definition) is 1. The molecule has 0 radical (unpaired) electrons. The lowest BCUT2D eigenvalue weighted by Gasteiger charge is -2.26. The molecule has 112 valence electrons. The molecule has 2 aromatic rings. The molecule has 1 N–H and O–H groups in total. The lowest BCUT2D eigenvalue weighted by atomic mass is 9.91. The maximum absolute atomic E-state index is 5.45. The molecule has 1 aliphatic heterocycles. The molecule has 1 aromatic heterocycles. The first-order chi connectivity index (χ1) is 10.1. The van der Waals surface area contributed by atoms with Crippen molar-refractivity contribution in [3.63, 3.8) is 0 Å². The Morgan fingerprint density at radius 2 is 2.05 bits per heavy atom. The van der Waals surface area contributed by atoms with Gasteiger partial charge in [0.2, 0.25) is 6.79 Å². The Hall–Kier alpha value is -1.52. The highest BCUT2D eigenvalue weighted by molar-refractivity contribution is 7.10. The molecule has 1 atom stereocenters. The zero-order valence-corrected chi connectivity index (χ0v) is 13.5. The van der Waals surface area contributed by atoms with Gasteiger partial charge in [-0.2, -0.15) is 0 Å². The number of thiophene rings is 1. The van der Waals surface area contributed by atoms with E-state index in [-0.39, 0.29) is 11.5 Å². The summed E-state index contributed by atoms with van der Waals surface area (Å²) < 4.78 is 10.8. The molecular weight excluding hydrogens is 282 g/mol. The number of benzene rings is 1. The standard InChI is InChI=1S/C17H21NO2S/c1-12(13-6-7-14-15(9-13)20-11-19-14)18-10-17(2,3)16-5-4-8-21-16/h4-9,12,18H,10-11H2,1-3H3. The van der Waals surface area contributed by atoms with Gasteiger partial charge >= 0.3 is 0 Å². The van der Waals surface area contributed by atoms with Crippen LogP contribution in [0.25, 0.3) is 0 Å². The van der Waals surface area contributed by atoms with Gasteiger partial charge in [0.25, 0.3) is 0 Å². The fraction of sp³-hybridized carbons (Fsp3) is 0.412. The Bertz CT molecular complexity index is 607. The highest BCUT2D eigenvalue weighted by atomic mass is 32.1. The Morgan fingerprint density at radius 1 is 1.24 bits per heavy atom. The van der Waals surface area contributed by atoms with Crippen LogP contribution in [-0.2, 0) is 5.41 Å². The van der Waals surface area contributed by atoms with Crippen LogP contribution in [0, 0.1) is 0 Å². The van der Waals surface area contributed by atoms with Crippen molar-refractivity contribution in [2.45, 2.75) is 32.2 Å². The molecule has 0 spiro atoms. The monoisotopic (exact) mass is 303 g/mol. The molecular formula is C17H21NO2S. The minimum Gasteiger partial charge on any atom is -0.454 e. The molecule has 3 nitrogen and oxygen atoms in total. The van der Waals surface area contributed by atoms with Crippen LogP contribution in [0.3, 0.4) is 0 Å². The van der Waals surface area contributed by atoms with E-state index < -0.39 is 0 Å². The zero-order chi connectivity index (χ0) is 14.9. The maximum atomic E-state index is 5.45. The van der Waals surface area contributed by atoms with Crippen LogP contribution in [0.5, 0.6) is 11.5 Å². The summed E-state index contributed by atoms with van der Waals surface area (Å²) in [6, 6.07) is 10.8. The Morgan fingerprint density at radius 3 is 2.81 bits per heavy atom. The minimum absolute atomic E-state index is 0.138. The van der Waals surface area contributed by atoms with Crippen LogP contribution in [0.1, 0.15) is 37.3 Å². The van der Waals surface area contributed by atoms with Crippen molar-refractivity contribution in [1.29, 1.82) is 0 Å². The Kier molecular flexibility index (Phi) is 3.91. The van der Waals surface area contributed by atoms with Crippen molar-refractivity contribution in [2.24, 2.45) is 0 Å². The van der Waals surface area contributed by atoms with Crippen molar-refractivity contribution >= 4 is 11.3 Å². The summed E-state index contributed by atoms with van der Waals surface area (Å²) in [5.74, 6) is 1.68. The van der Waals surface area contributed by atoms with Gasteiger partial charge in [-0.05, 0) is 36.1 Å². The lowest BCUT2D eigenvalue weighted by Crippen LogP contribution is -2.33. The minimum atomic E-state index is 0.138. The average molecular weight is 303 g/mol. The van der Waals surface area contributed by atoms with E-state index in [1.54, 1.807) is 0 Å². The summed E-state index contributed by atoms with van der Waals surface area (Å²) in [6.45, 7) is 7.99. The number of hydrogen-bond acceptors (Lipinski definition) is 4. The topological polar surface area (TPSA) is 30.5 Å². The molecule has 0 saturated carbocycles. The van der Waals surface area contributed by atoms with Gasteiger partial charge in [-0.15, -0.1) is 11.3 Å². The molecule has 3 rings (SSSR count). The SMILES string of the molecule is CC(NCC(C)(C)c1cccs1)c1ccc2c(c1)OCO2. The first-order valence-electron chi connectivity index (χ1n) is 7.23. The molecule has 21 heavy (non-hydrogen) atoms. The summed E-state index contributed by atoms with van der Waals surface area (Å²) >= 11 is 1.82. The van der Waals surface area contributed by atoms with Gasteiger partial charge in [0, 0.05) is 22.9 Å².